The van der Waals surface area contributed by atoms with Gasteiger partial charge in [0.2, 0.25) is 0 Å². The van der Waals surface area contributed by atoms with Gasteiger partial charge in [-0.25, -0.2) is 0 Å². The van der Waals surface area contributed by atoms with Crippen LogP contribution < -0.4 is 0 Å². The molecular weight excluding hydrogens is 214 g/mol. The van der Waals surface area contributed by atoms with Crippen LogP contribution in [0.5, 0.6) is 5.75 Å². The summed E-state index contributed by atoms with van der Waals surface area (Å²) in [5, 5.41) is 20.7. The van der Waals surface area contributed by atoms with Gasteiger partial charge in [-0.3, -0.25) is 0 Å². The van der Waals surface area contributed by atoms with Gasteiger partial charge in [0, 0.05) is 11.1 Å². The zero-order chi connectivity index (χ0) is 11.8. The molecule has 0 aliphatic heterocycles. The number of rotatable bonds is 1. The van der Waals surface area contributed by atoms with Crippen LogP contribution in [-0.2, 0) is 0 Å². The molecular formula is C13H11N3O. The summed E-state index contributed by atoms with van der Waals surface area (Å²) in [4.78, 5) is 0. The summed E-state index contributed by atoms with van der Waals surface area (Å²) < 4.78 is 0. The van der Waals surface area contributed by atoms with E-state index in [-0.39, 0.29) is 5.75 Å². The van der Waals surface area contributed by atoms with E-state index in [9.17, 15) is 5.11 Å². The van der Waals surface area contributed by atoms with E-state index in [1.807, 2.05) is 37.3 Å². The molecule has 2 aromatic carbocycles. The second kappa shape index (κ2) is 3.59. The number of aromatic hydroxyl groups is 1. The van der Waals surface area contributed by atoms with Gasteiger partial charge in [-0.2, -0.15) is 15.4 Å². The molecule has 3 aromatic rings. The number of aryl methyl sites for hydroxylation is 1. The standard InChI is InChI=1S/C13H11N3O/c1-8-5-6-12(17)10(7-8)9-3-2-4-11-13(9)15-16-14-11/h2-7,17H,1H3,(H,14,15,16). The minimum Gasteiger partial charge on any atom is -0.507 e. The van der Waals surface area contributed by atoms with Gasteiger partial charge in [0.25, 0.3) is 0 Å². The number of aromatic nitrogens is 3. The molecule has 4 nitrogen and oxygen atoms in total. The highest BCUT2D eigenvalue weighted by atomic mass is 16.3. The molecule has 3 rings (SSSR count). The Morgan fingerprint density at radius 1 is 1.06 bits per heavy atom. The number of nitrogens with one attached hydrogen (secondary N) is 1. The van der Waals surface area contributed by atoms with Crippen molar-refractivity contribution in [2.75, 3.05) is 0 Å². The van der Waals surface area contributed by atoms with Gasteiger partial charge in [-0.15, -0.1) is 0 Å². The lowest BCUT2D eigenvalue weighted by molar-refractivity contribution is 0.477. The Balaban J connectivity index is 2.34. The van der Waals surface area contributed by atoms with Crippen LogP contribution >= 0.6 is 0 Å². The molecule has 1 aromatic heterocycles. The third-order valence-electron chi connectivity index (χ3n) is 2.79. The average molecular weight is 225 g/mol. The summed E-state index contributed by atoms with van der Waals surface area (Å²) in [6.45, 7) is 1.99. The maximum Gasteiger partial charge on any atom is 0.123 e. The SMILES string of the molecule is Cc1ccc(O)c(-c2cccc3n[nH]nc23)c1. The van der Waals surface area contributed by atoms with Crippen molar-refractivity contribution in [2.24, 2.45) is 0 Å². The molecule has 0 amide bonds. The normalized spacial score (nSPS) is 10.9. The largest absolute Gasteiger partial charge is 0.507 e. The van der Waals surface area contributed by atoms with Crippen LogP contribution in [-0.4, -0.2) is 20.5 Å². The van der Waals surface area contributed by atoms with Crippen LogP contribution in [0, 0.1) is 6.92 Å². The van der Waals surface area contributed by atoms with Gasteiger partial charge in [-0.05, 0) is 25.1 Å². The molecule has 1 heterocycles. The van der Waals surface area contributed by atoms with E-state index < -0.39 is 0 Å². The molecule has 0 bridgehead atoms. The first kappa shape index (κ1) is 9.84. The number of aromatic amines is 1. The fourth-order valence-electron chi connectivity index (χ4n) is 1.95. The van der Waals surface area contributed by atoms with Gasteiger partial charge in [-0.1, -0.05) is 23.8 Å². The van der Waals surface area contributed by atoms with Crippen LogP contribution in [0.25, 0.3) is 22.2 Å². The summed E-state index contributed by atoms with van der Waals surface area (Å²) in [7, 11) is 0. The molecule has 0 saturated carbocycles. The maximum atomic E-state index is 9.93. The minimum atomic E-state index is 0.256. The minimum absolute atomic E-state index is 0.256. The molecule has 2 N–H and O–H groups in total. The lowest BCUT2D eigenvalue weighted by Crippen LogP contribution is -1.83. The summed E-state index contributed by atoms with van der Waals surface area (Å²) in [6.07, 6.45) is 0. The predicted octanol–water partition coefficient (Wildman–Crippen LogP) is 2.64. The van der Waals surface area contributed by atoms with Crippen molar-refractivity contribution in [1.29, 1.82) is 0 Å². The molecule has 0 aliphatic carbocycles. The fraction of sp³-hybridized carbons (Fsp3) is 0.0769. The second-order valence-corrected chi connectivity index (χ2v) is 4.02. The number of H-pyrrole nitrogens is 1. The molecule has 0 radical (unpaired) electrons. The number of hydrogen-bond acceptors (Lipinski definition) is 3. The number of para-hydroxylation sites is 1. The van der Waals surface area contributed by atoms with E-state index in [1.54, 1.807) is 6.07 Å². The molecule has 0 fully saturated rings. The van der Waals surface area contributed by atoms with Crippen molar-refractivity contribution >= 4 is 11.0 Å². The number of hydrogen-bond donors (Lipinski definition) is 2. The lowest BCUT2D eigenvalue weighted by Gasteiger charge is -2.06. The van der Waals surface area contributed by atoms with E-state index in [2.05, 4.69) is 15.4 Å². The topological polar surface area (TPSA) is 61.8 Å². The molecule has 0 unspecified atom stereocenters. The third kappa shape index (κ3) is 1.54. The molecule has 4 heteroatoms. The van der Waals surface area contributed by atoms with E-state index in [1.165, 1.54) is 0 Å². The van der Waals surface area contributed by atoms with Crippen molar-refractivity contribution in [3.63, 3.8) is 0 Å². The van der Waals surface area contributed by atoms with Crippen molar-refractivity contribution in [3.05, 3.63) is 42.0 Å². The molecule has 0 atom stereocenters. The molecule has 84 valence electrons. The molecule has 0 saturated heterocycles. The van der Waals surface area contributed by atoms with E-state index in [0.29, 0.717) is 0 Å². The Labute approximate surface area is 97.9 Å². The number of phenolic OH excluding ortho intramolecular Hbond substituents is 1. The Hall–Kier alpha value is -2.36. The van der Waals surface area contributed by atoms with E-state index in [0.717, 1.165) is 27.7 Å². The highest BCUT2D eigenvalue weighted by molar-refractivity contribution is 5.92. The van der Waals surface area contributed by atoms with Gasteiger partial charge < -0.3 is 5.11 Å². The van der Waals surface area contributed by atoms with Crippen molar-refractivity contribution in [2.45, 2.75) is 6.92 Å². The average Bonchev–Trinajstić information content (AvgIpc) is 2.80. The highest BCUT2D eigenvalue weighted by Gasteiger charge is 2.10. The summed E-state index contributed by atoms with van der Waals surface area (Å²) >= 11 is 0. The van der Waals surface area contributed by atoms with Crippen LogP contribution in [0.4, 0.5) is 0 Å². The maximum absolute atomic E-state index is 9.93. The summed E-state index contributed by atoms with van der Waals surface area (Å²) in [6, 6.07) is 11.2. The molecule has 0 spiro atoms. The van der Waals surface area contributed by atoms with E-state index in [4.69, 9.17) is 0 Å². The first-order valence-corrected chi connectivity index (χ1v) is 5.35. The van der Waals surface area contributed by atoms with Crippen LogP contribution in [0.15, 0.2) is 36.4 Å². The number of benzene rings is 2. The summed E-state index contributed by atoms with van der Waals surface area (Å²) in [5.74, 6) is 0.256. The van der Waals surface area contributed by atoms with Gasteiger partial charge in [0.05, 0.1) is 0 Å². The summed E-state index contributed by atoms with van der Waals surface area (Å²) in [5.41, 5.74) is 4.33. The smallest absolute Gasteiger partial charge is 0.123 e. The lowest BCUT2D eigenvalue weighted by atomic mass is 10.0. The Kier molecular flexibility index (Phi) is 2.08. The van der Waals surface area contributed by atoms with Crippen LogP contribution in [0.3, 0.4) is 0 Å². The van der Waals surface area contributed by atoms with Gasteiger partial charge in [0.1, 0.15) is 16.8 Å². The van der Waals surface area contributed by atoms with Crippen LogP contribution in [0.1, 0.15) is 5.56 Å². The predicted molar refractivity (Wildman–Crippen MR) is 65.7 cm³/mol. The van der Waals surface area contributed by atoms with Crippen molar-refractivity contribution in [1.82, 2.24) is 15.4 Å². The quantitative estimate of drug-likeness (QED) is 0.669. The monoisotopic (exact) mass is 225 g/mol. The molecule has 0 aliphatic rings. The molecule has 17 heavy (non-hydrogen) atoms. The Bertz CT molecular complexity index is 688. The first-order valence-electron chi connectivity index (χ1n) is 5.35. The Morgan fingerprint density at radius 3 is 2.82 bits per heavy atom. The van der Waals surface area contributed by atoms with E-state index >= 15 is 0 Å². The zero-order valence-electron chi connectivity index (χ0n) is 9.31. The zero-order valence-corrected chi connectivity index (χ0v) is 9.31. The number of nitrogens with zero attached hydrogens (tertiary/aromatic N) is 2. The first-order chi connectivity index (χ1) is 8.25. The van der Waals surface area contributed by atoms with Gasteiger partial charge in [0.15, 0.2) is 0 Å². The van der Waals surface area contributed by atoms with Gasteiger partial charge >= 0.3 is 0 Å². The number of fused-ring (bicyclic) bond motifs is 1. The second-order valence-electron chi connectivity index (χ2n) is 4.02. The third-order valence-corrected chi connectivity index (χ3v) is 2.79. The highest BCUT2D eigenvalue weighted by Crippen LogP contribution is 2.33. The fourth-order valence-corrected chi connectivity index (χ4v) is 1.95. The Morgan fingerprint density at radius 2 is 1.94 bits per heavy atom. The van der Waals surface area contributed by atoms with Crippen molar-refractivity contribution < 1.29 is 5.11 Å². The van der Waals surface area contributed by atoms with Crippen molar-refractivity contribution in [3.8, 4) is 16.9 Å². The van der Waals surface area contributed by atoms with Crippen LogP contribution in [0.2, 0.25) is 0 Å². The number of phenols is 1.